The third-order valence-electron chi connectivity index (χ3n) is 2.44. The predicted molar refractivity (Wildman–Crippen MR) is 67.3 cm³/mol. The molecule has 0 spiro atoms. The fourth-order valence-electron chi connectivity index (χ4n) is 1.62. The van der Waals surface area contributed by atoms with E-state index in [1.54, 1.807) is 12.1 Å². The molecule has 2 rings (SSSR count). The summed E-state index contributed by atoms with van der Waals surface area (Å²) in [5.41, 5.74) is 1.14. The molecule has 17 heavy (non-hydrogen) atoms. The Hall–Kier alpha value is -1.55. The fraction of sp³-hybridized carbons (Fsp3) is 0.250. The summed E-state index contributed by atoms with van der Waals surface area (Å²) >= 11 is 5.94. The molecule has 90 valence electrons. The summed E-state index contributed by atoms with van der Waals surface area (Å²) in [6, 6.07) is 4.57. The summed E-state index contributed by atoms with van der Waals surface area (Å²) in [4.78, 5) is 4.29. The molecule has 0 saturated carbocycles. The molecule has 0 atom stereocenters. The van der Waals surface area contributed by atoms with Gasteiger partial charge in [0.1, 0.15) is 5.82 Å². The van der Waals surface area contributed by atoms with Crippen molar-refractivity contribution < 1.29 is 4.39 Å². The van der Waals surface area contributed by atoms with Crippen LogP contribution in [0, 0.1) is 12.7 Å². The van der Waals surface area contributed by atoms with Gasteiger partial charge in [-0.2, -0.15) is 0 Å². The number of nitrogens with one attached hydrogen (secondary N) is 1. The molecule has 3 nitrogen and oxygen atoms in total. The number of aromatic nitrogens is 2. The van der Waals surface area contributed by atoms with E-state index in [1.165, 1.54) is 6.07 Å². The molecule has 0 radical (unpaired) electrons. The Morgan fingerprint density at radius 3 is 2.88 bits per heavy atom. The summed E-state index contributed by atoms with van der Waals surface area (Å²) in [6.07, 6.45) is 1.90. The summed E-state index contributed by atoms with van der Waals surface area (Å²) in [5, 5.41) is 3.27. The van der Waals surface area contributed by atoms with Crippen molar-refractivity contribution in [3.8, 4) is 0 Å². The van der Waals surface area contributed by atoms with E-state index in [0.29, 0.717) is 11.0 Å². The predicted octanol–water partition coefficient (Wildman–Crippen LogP) is 3.75. The van der Waals surface area contributed by atoms with E-state index in [4.69, 9.17) is 11.6 Å². The Balaban J connectivity index is 2.37. The zero-order valence-corrected chi connectivity index (χ0v) is 10.4. The average Bonchev–Trinajstić information content (AvgIpc) is 2.64. The first kappa shape index (κ1) is 11.9. The summed E-state index contributed by atoms with van der Waals surface area (Å²) in [6.45, 7) is 4.64. The molecule has 0 aliphatic carbocycles. The Morgan fingerprint density at radius 2 is 2.24 bits per heavy atom. The SMILES string of the molecule is CCn1cc(C)nc1Nc1c(F)cccc1Cl. The number of benzene rings is 1. The molecule has 1 N–H and O–H groups in total. The maximum Gasteiger partial charge on any atom is 0.207 e. The molecule has 1 aromatic heterocycles. The molecule has 0 aliphatic rings. The van der Waals surface area contributed by atoms with Gasteiger partial charge in [0, 0.05) is 12.7 Å². The van der Waals surface area contributed by atoms with Gasteiger partial charge in [0.25, 0.3) is 0 Å². The second kappa shape index (κ2) is 4.75. The molecule has 1 heterocycles. The van der Waals surface area contributed by atoms with Gasteiger partial charge in [-0.1, -0.05) is 17.7 Å². The van der Waals surface area contributed by atoms with Crippen LogP contribution in [0.3, 0.4) is 0 Å². The molecule has 0 amide bonds. The highest BCUT2D eigenvalue weighted by atomic mass is 35.5. The molecule has 0 unspecified atom stereocenters. The van der Waals surface area contributed by atoms with Crippen molar-refractivity contribution in [1.29, 1.82) is 0 Å². The van der Waals surface area contributed by atoms with E-state index in [1.807, 2.05) is 24.6 Å². The van der Waals surface area contributed by atoms with E-state index in [0.717, 1.165) is 12.2 Å². The Kier molecular flexibility index (Phi) is 3.33. The smallest absolute Gasteiger partial charge is 0.207 e. The van der Waals surface area contributed by atoms with Crippen molar-refractivity contribution in [2.24, 2.45) is 0 Å². The molecule has 0 aliphatic heterocycles. The first-order valence-electron chi connectivity index (χ1n) is 5.36. The molecule has 2 aromatic rings. The third-order valence-corrected chi connectivity index (χ3v) is 2.75. The minimum Gasteiger partial charge on any atom is -0.322 e. The maximum absolute atomic E-state index is 13.6. The highest BCUT2D eigenvalue weighted by Crippen LogP contribution is 2.27. The van der Waals surface area contributed by atoms with Gasteiger partial charge >= 0.3 is 0 Å². The van der Waals surface area contributed by atoms with Crippen LogP contribution in [0.2, 0.25) is 5.02 Å². The van der Waals surface area contributed by atoms with Crippen LogP contribution in [0.5, 0.6) is 0 Å². The third kappa shape index (κ3) is 2.42. The highest BCUT2D eigenvalue weighted by Gasteiger charge is 2.10. The van der Waals surface area contributed by atoms with E-state index in [-0.39, 0.29) is 11.5 Å². The quantitative estimate of drug-likeness (QED) is 0.903. The van der Waals surface area contributed by atoms with Crippen LogP contribution in [0.15, 0.2) is 24.4 Å². The summed E-state index contributed by atoms with van der Waals surface area (Å²) in [7, 11) is 0. The van der Waals surface area contributed by atoms with Crippen molar-refractivity contribution in [2.75, 3.05) is 5.32 Å². The number of aryl methyl sites for hydroxylation is 2. The minimum atomic E-state index is -0.388. The number of imidazole rings is 1. The molecule has 0 bridgehead atoms. The Bertz CT molecular complexity index is 516. The molecular formula is C12H13ClFN3. The van der Waals surface area contributed by atoms with E-state index in [2.05, 4.69) is 10.3 Å². The Labute approximate surface area is 104 Å². The summed E-state index contributed by atoms with van der Waals surface area (Å²) < 4.78 is 15.5. The van der Waals surface area contributed by atoms with Gasteiger partial charge in [0.05, 0.1) is 16.4 Å². The number of para-hydroxylation sites is 1. The minimum absolute atomic E-state index is 0.259. The van der Waals surface area contributed by atoms with E-state index >= 15 is 0 Å². The highest BCUT2D eigenvalue weighted by molar-refractivity contribution is 6.33. The number of halogens is 2. The second-order valence-electron chi connectivity index (χ2n) is 3.71. The van der Waals surface area contributed by atoms with Gasteiger partial charge in [-0.05, 0) is 26.0 Å². The Morgan fingerprint density at radius 1 is 1.47 bits per heavy atom. The lowest BCUT2D eigenvalue weighted by atomic mass is 10.3. The number of hydrogen-bond donors (Lipinski definition) is 1. The summed E-state index contributed by atoms with van der Waals surface area (Å²) in [5.74, 6) is 0.206. The largest absolute Gasteiger partial charge is 0.322 e. The van der Waals surface area contributed by atoms with Gasteiger partial charge in [-0.3, -0.25) is 0 Å². The van der Waals surface area contributed by atoms with Crippen LogP contribution in [-0.4, -0.2) is 9.55 Å². The van der Waals surface area contributed by atoms with Crippen LogP contribution in [0.25, 0.3) is 0 Å². The zero-order valence-electron chi connectivity index (χ0n) is 9.67. The maximum atomic E-state index is 13.6. The van der Waals surface area contributed by atoms with Crippen molar-refractivity contribution in [3.63, 3.8) is 0 Å². The second-order valence-corrected chi connectivity index (χ2v) is 4.12. The van der Waals surface area contributed by atoms with Crippen molar-refractivity contribution >= 4 is 23.2 Å². The van der Waals surface area contributed by atoms with Gasteiger partial charge in [-0.25, -0.2) is 9.37 Å². The fourth-order valence-corrected chi connectivity index (χ4v) is 1.83. The lowest BCUT2D eigenvalue weighted by Gasteiger charge is -2.09. The molecule has 0 saturated heterocycles. The lowest BCUT2D eigenvalue weighted by Crippen LogP contribution is -2.03. The lowest BCUT2D eigenvalue weighted by molar-refractivity contribution is 0.631. The monoisotopic (exact) mass is 253 g/mol. The van der Waals surface area contributed by atoms with Crippen LogP contribution < -0.4 is 5.32 Å². The zero-order chi connectivity index (χ0) is 12.4. The average molecular weight is 254 g/mol. The number of hydrogen-bond acceptors (Lipinski definition) is 2. The number of rotatable bonds is 3. The van der Waals surface area contributed by atoms with Gasteiger partial charge in [0.2, 0.25) is 5.95 Å². The molecule has 1 aromatic carbocycles. The van der Waals surface area contributed by atoms with Crippen LogP contribution >= 0.6 is 11.6 Å². The van der Waals surface area contributed by atoms with Crippen LogP contribution in [0.4, 0.5) is 16.0 Å². The topological polar surface area (TPSA) is 29.9 Å². The molecular weight excluding hydrogens is 241 g/mol. The van der Waals surface area contributed by atoms with Gasteiger partial charge < -0.3 is 9.88 Å². The standard InChI is InChI=1S/C12H13ClFN3/c1-3-17-7-8(2)15-12(17)16-11-9(13)5-4-6-10(11)14/h4-7H,3H2,1-2H3,(H,15,16). The molecule has 5 heteroatoms. The van der Waals surface area contributed by atoms with E-state index < -0.39 is 0 Å². The molecule has 0 fully saturated rings. The van der Waals surface area contributed by atoms with Crippen molar-refractivity contribution in [1.82, 2.24) is 9.55 Å². The van der Waals surface area contributed by atoms with Crippen LogP contribution in [-0.2, 0) is 6.54 Å². The number of anilines is 2. The first-order valence-corrected chi connectivity index (χ1v) is 5.74. The normalized spacial score (nSPS) is 10.6. The van der Waals surface area contributed by atoms with Crippen molar-refractivity contribution in [2.45, 2.75) is 20.4 Å². The van der Waals surface area contributed by atoms with Crippen molar-refractivity contribution in [3.05, 3.63) is 40.9 Å². The van der Waals surface area contributed by atoms with Crippen LogP contribution in [0.1, 0.15) is 12.6 Å². The van der Waals surface area contributed by atoms with E-state index in [9.17, 15) is 4.39 Å². The van der Waals surface area contributed by atoms with Gasteiger partial charge in [-0.15, -0.1) is 0 Å². The number of nitrogens with zero attached hydrogens (tertiary/aromatic N) is 2. The van der Waals surface area contributed by atoms with Gasteiger partial charge in [0.15, 0.2) is 0 Å². The first-order chi connectivity index (χ1) is 8.11.